The van der Waals surface area contributed by atoms with E-state index in [0.717, 1.165) is 17.7 Å². The number of benzene rings is 2. The van der Waals surface area contributed by atoms with Crippen LogP contribution in [-0.2, 0) is 9.59 Å². The van der Waals surface area contributed by atoms with Crippen molar-refractivity contribution in [1.29, 1.82) is 0 Å². The molecule has 2 aromatic carbocycles. The minimum Gasteiger partial charge on any atom is -0.342 e. The number of imidazole rings is 1. The minimum atomic E-state index is -0.740. The molecular weight excluding hydrogens is 499 g/mol. The Labute approximate surface area is 227 Å². The Morgan fingerprint density at radius 3 is 2.56 bits per heavy atom. The third-order valence-corrected chi connectivity index (χ3v) is 7.47. The average molecular weight is 533 g/mol. The fourth-order valence-electron chi connectivity index (χ4n) is 4.96. The smallest absolute Gasteiger partial charge is 0.251 e. The molecule has 3 aromatic rings. The van der Waals surface area contributed by atoms with E-state index in [1.807, 2.05) is 35.0 Å². The maximum atomic E-state index is 13.4. The van der Waals surface area contributed by atoms with Crippen molar-refractivity contribution >= 4 is 17.7 Å². The van der Waals surface area contributed by atoms with Gasteiger partial charge in [-0.25, -0.2) is 9.37 Å². The fourth-order valence-corrected chi connectivity index (χ4v) is 4.96. The molecule has 0 spiro atoms. The van der Waals surface area contributed by atoms with E-state index in [1.165, 1.54) is 17.0 Å². The number of nitrogens with zero attached hydrogens (tertiary/aromatic N) is 4. The van der Waals surface area contributed by atoms with Crippen LogP contribution in [-0.4, -0.2) is 82.4 Å². The summed E-state index contributed by atoms with van der Waals surface area (Å²) in [5.41, 5.74) is 2.44. The molecule has 0 radical (unpaired) electrons. The Kier molecular flexibility index (Phi) is 8.02. The summed E-state index contributed by atoms with van der Waals surface area (Å²) in [4.78, 5) is 45.9. The summed E-state index contributed by atoms with van der Waals surface area (Å²) in [6.45, 7) is 1.60. The summed E-state index contributed by atoms with van der Waals surface area (Å²) in [5.74, 6) is -0.563. The van der Waals surface area contributed by atoms with Crippen molar-refractivity contribution in [2.24, 2.45) is 0 Å². The van der Waals surface area contributed by atoms with Gasteiger partial charge in [0.15, 0.2) is 0 Å². The van der Waals surface area contributed by atoms with Crippen LogP contribution in [0.5, 0.6) is 0 Å². The summed E-state index contributed by atoms with van der Waals surface area (Å²) in [5, 5.41) is 6.43. The zero-order valence-corrected chi connectivity index (χ0v) is 21.9. The highest BCUT2D eigenvalue weighted by Gasteiger charge is 2.38. The lowest BCUT2D eigenvalue weighted by Crippen LogP contribution is -2.56. The second kappa shape index (κ2) is 11.8. The van der Waals surface area contributed by atoms with Crippen molar-refractivity contribution in [3.05, 3.63) is 84.2 Å². The van der Waals surface area contributed by atoms with E-state index in [1.54, 1.807) is 36.6 Å². The maximum absolute atomic E-state index is 13.4. The normalized spacial score (nSPS) is 19.6. The first-order valence-corrected chi connectivity index (χ1v) is 13.3. The minimum absolute atomic E-state index is 0.0149. The fraction of sp³-hybridized carbons (Fsp3) is 0.379. The number of hydrogen-bond donors (Lipinski definition) is 2. The molecule has 1 saturated heterocycles. The van der Waals surface area contributed by atoms with Crippen LogP contribution in [0.15, 0.2) is 67.3 Å². The van der Waals surface area contributed by atoms with Gasteiger partial charge in [0.2, 0.25) is 11.8 Å². The first-order chi connectivity index (χ1) is 18.9. The number of nitrogens with one attached hydrogen (secondary N) is 2. The van der Waals surface area contributed by atoms with Gasteiger partial charge in [-0.15, -0.1) is 0 Å². The molecule has 9 nitrogen and oxygen atoms in total. The summed E-state index contributed by atoms with van der Waals surface area (Å²) in [6, 6.07) is 13.3. The SMILES string of the molecule is CN1CCN(C(=O)[C@H](CCCNC2C[C@H]2c2ccc(F)cc2)NC(=O)c2ccc(-n3ccnc3)cc2)CC1=O. The van der Waals surface area contributed by atoms with Crippen molar-refractivity contribution in [2.45, 2.75) is 37.3 Å². The molecule has 1 aliphatic heterocycles. The molecule has 1 unspecified atom stereocenters. The number of likely N-dealkylation sites (N-methyl/N-ethyl adjacent to an activating group) is 1. The molecule has 10 heteroatoms. The highest BCUT2D eigenvalue weighted by atomic mass is 19.1. The summed E-state index contributed by atoms with van der Waals surface area (Å²) < 4.78 is 15.0. The molecule has 39 heavy (non-hydrogen) atoms. The van der Waals surface area contributed by atoms with Crippen LogP contribution in [0.1, 0.15) is 41.1 Å². The lowest BCUT2D eigenvalue weighted by atomic mass is 10.1. The molecule has 2 fully saturated rings. The number of rotatable bonds is 10. The van der Waals surface area contributed by atoms with Crippen LogP contribution >= 0.6 is 0 Å². The van der Waals surface area contributed by atoms with Crippen molar-refractivity contribution in [1.82, 2.24) is 30.0 Å². The van der Waals surface area contributed by atoms with E-state index in [2.05, 4.69) is 15.6 Å². The first kappa shape index (κ1) is 26.6. The van der Waals surface area contributed by atoms with Crippen LogP contribution in [0.2, 0.25) is 0 Å². The third-order valence-electron chi connectivity index (χ3n) is 7.47. The Bertz CT molecular complexity index is 1300. The lowest BCUT2D eigenvalue weighted by Gasteiger charge is -2.34. The number of halogens is 1. The zero-order chi connectivity index (χ0) is 27.4. The number of hydrogen-bond acceptors (Lipinski definition) is 5. The molecule has 2 aliphatic rings. The Morgan fingerprint density at radius 2 is 1.87 bits per heavy atom. The zero-order valence-electron chi connectivity index (χ0n) is 21.9. The number of carbonyl (C=O) groups is 3. The standard InChI is InChI=1S/C29H33FN6O3/c1-34-15-16-35(18-27(34)37)29(39)25(3-2-12-32-26-17-24(26)20-4-8-22(30)9-5-20)33-28(38)21-6-10-23(11-7-21)36-14-13-31-19-36/h4-11,13-14,19,24-26,32H,2-3,12,15-18H2,1H3,(H,33,38)/t24-,25-,26?/m0/s1. The summed E-state index contributed by atoms with van der Waals surface area (Å²) in [6.07, 6.45) is 7.28. The van der Waals surface area contributed by atoms with E-state index in [0.29, 0.717) is 50.0 Å². The molecule has 3 amide bonds. The van der Waals surface area contributed by atoms with Gasteiger partial charge >= 0.3 is 0 Å². The van der Waals surface area contributed by atoms with E-state index in [-0.39, 0.29) is 30.1 Å². The van der Waals surface area contributed by atoms with Gasteiger partial charge in [0.1, 0.15) is 11.9 Å². The molecule has 2 N–H and O–H groups in total. The summed E-state index contributed by atoms with van der Waals surface area (Å²) >= 11 is 0. The van der Waals surface area contributed by atoms with E-state index >= 15 is 0 Å². The van der Waals surface area contributed by atoms with Gasteiger partial charge in [0.05, 0.1) is 12.9 Å². The van der Waals surface area contributed by atoms with Crippen molar-refractivity contribution in [3.8, 4) is 5.69 Å². The lowest BCUT2D eigenvalue weighted by molar-refractivity contribution is -0.145. The van der Waals surface area contributed by atoms with Gasteiger partial charge in [0.25, 0.3) is 5.91 Å². The average Bonchev–Trinajstić information content (AvgIpc) is 3.50. The van der Waals surface area contributed by atoms with E-state index < -0.39 is 6.04 Å². The topological polar surface area (TPSA) is 99.6 Å². The maximum Gasteiger partial charge on any atom is 0.251 e. The predicted octanol–water partition coefficient (Wildman–Crippen LogP) is 2.34. The van der Waals surface area contributed by atoms with Crippen LogP contribution < -0.4 is 10.6 Å². The number of piperazine rings is 1. The van der Waals surface area contributed by atoms with Gasteiger partial charge in [-0.05, 0) is 67.8 Å². The molecule has 1 aromatic heterocycles. The number of amides is 3. The second-order valence-corrected chi connectivity index (χ2v) is 10.2. The number of aromatic nitrogens is 2. The van der Waals surface area contributed by atoms with Gasteiger partial charge in [-0.1, -0.05) is 12.1 Å². The quantitative estimate of drug-likeness (QED) is 0.391. The monoisotopic (exact) mass is 532 g/mol. The summed E-state index contributed by atoms with van der Waals surface area (Å²) in [7, 11) is 1.72. The van der Waals surface area contributed by atoms with Gasteiger partial charge < -0.3 is 25.0 Å². The first-order valence-electron chi connectivity index (χ1n) is 13.3. The molecule has 0 bridgehead atoms. The third kappa shape index (κ3) is 6.51. The van der Waals surface area contributed by atoms with Gasteiger partial charge in [-0.2, -0.15) is 0 Å². The molecular formula is C29H33FN6O3. The van der Waals surface area contributed by atoms with E-state index in [9.17, 15) is 18.8 Å². The molecule has 2 heterocycles. The molecule has 204 valence electrons. The second-order valence-electron chi connectivity index (χ2n) is 10.2. The largest absolute Gasteiger partial charge is 0.342 e. The van der Waals surface area contributed by atoms with Crippen molar-refractivity contribution in [2.75, 3.05) is 33.2 Å². The molecule has 1 aliphatic carbocycles. The highest BCUT2D eigenvalue weighted by Crippen LogP contribution is 2.40. The van der Waals surface area contributed by atoms with Crippen LogP contribution in [0, 0.1) is 5.82 Å². The van der Waals surface area contributed by atoms with Crippen LogP contribution in [0.3, 0.4) is 0 Å². The number of carbonyl (C=O) groups excluding carboxylic acids is 3. The highest BCUT2D eigenvalue weighted by molar-refractivity contribution is 5.98. The molecule has 5 rings (SSSR count). The predicted molar refractivity (Wildman–Crippen MR) is 144 cm³/mol. The van der Waals surface area contributed by atoms with Crippen molar-refractivity contribution < 1.29 is 18.8 Å². The van der Waals surface area contributed by atoms with Gasteiger partial charge in [-0.3, -0.25) is 14.4 Å². The Morgan fingerprint density at radius 1 is 1.10 bits per heavy atom. The van der Waals surface area contributed by atoms with Crippen LogP contribution in [0.25, 0.3) is 5.69 Å². The Balaban J connectivity index is 1.18. The Hall–Kier alpha value is -4.05. The van der Waals surface area contributed by atoms with Crippen LogP contribution in [0.4, 0.5) is 4.39 Å². The van der Waals surface area contributed by atoms with Crippen molar-refractivity contribution in [3.63, 3.8) is 0 Å². The van der Waals surface area contributed by atoms with E-state index in [4.69, 9.17) is 0 Å². The molecule has 3 atom stereocenters. The van der Waals surface area contributed by atoms with Gasteiger partial charge in [0, 0.05) is 55.7 Å². The molecule has 1 saturated carbocycles.